The van der Waals surface area contributed by atoms with E-state index in [9.17, 15) is 9.18 Å². The highest BCUT2D eigenvalue weighted by Crippen LogP contribution is 2.27. The number of anilines is 1. The van der Waals surface area contributed by atoms with Gasteiger partial charge in [0.1, 0.15) is 17.3 Å². The number of primary amides is 1. The van der Waals surface area contributed by atoms with Crippen LogP contribution in [0.5, 0.6) is 11.5 Å². The molecule has 0 atom stereocenters. The minimum absolute atomic E-state index is 0.0770. The molecule has 0 aliphatic carbocycles. The molecule has 1 aromatic carbocycles. The van der Waals surface area contributed by atoms with E-state index in [0.717, 1.165) is 6.07 Å². The van der Waals surface area contributed by atoms with Crippen LogP contribution in [0.15, 0.2) is 36.5 Å². The molecule has 1 amide bonds. The number of aromatic nitrogens is 1. The van der Waals surface area contributed by atoms with E-state index in [1.54, 1.807) is 0 Å². The van der Waals surface area contributed by atoms with Gasteiger partial charge in [-0.15, -0.1) is 0 Å². The number of pyridine rings is 1. The van der Waals surface area contributed by atoms with Crippen LogP contribution in [0.25, 0.3) is 0 Å². The minimum atomic E-state index is -0.660. The van der Waals surface area contributed by atoms with Crippen LogP contribution in [0, 0.1) is 5.82 Å². The van der Waals surface area contributed by atoms with Crippen LogP contribution in [0.3, 0.4) is 0 Å². The van der Waals surface area contributed by atoms with Gasteiger partial charge in [0, 0.05) is 18.3 Å². The van der Waals surface area contributed by atoms with Gasteiger partial charge in [-0.3, -0.25) is 9.78 Å². The molecular formula is C12H10FN3O2. The molecule has 0 saturated heterocycles. The Bertz CT molecular complexity index is 602. The lowest BCUT2D eigenvalue weighted by molar-refractivity contribution is 0.0995. The lowest BCUT2D eigenvalue weighted by atomic mass is 10.3. The van der Waals surface area contributed by atoms with Crippen molar-refractivity contribution < 1.29 is 13.9 Å². The number of nitrogens with zero attached hydrogens (tertiary/aromatic N) is 1. The average Bonchev–Trinajstić information content (AvgIpc) is 2.33. The minimum Gasteiger partial charge on any atom is -0.455 e. The summed E-state index contributed by atoms with van der Waals surface area (Å²) in [4.78, 5) is 14.7. The number of nitrogen functional groups attached to an aromatic ring is 1. The maximum Gasteiger partial charge on any atom is 0.267 e. The summed E-state index contributed by atoms with van der Waals surface area (Å²) in [5.41, 5.74) is 10.9. The average molecular weight is 247 g/mol. The third-order valence-electron chi connectivity index (χ3n) is 2.18. The molecule has 0 spiro atoms. The smallest absolute Gasteiger partial charge is 0.267 e. The van der Waals surface area contributed by atoms with Crippen molar-refractivity contribution in [1.82, 2.24) is 4.98 Å². The van der Waals surface area contributed by atoms with Crippen LogP contribution >= 0.6 is 0 Å². The van der Waals surface area contributed by atoms with Crippen LogP contribution in [0.2, 0.25) is 0 Å². The first-order chi connectivity index (χ1) is 8.56. The summed E-state index contributed by atoms with van der Waals surface area (Å²) in [6.07, 6.45) is 1.38. The van der Waals surface area contributed by atoms with Gasteiger partial charge in [-0.1, -0.05) is 0 Å². The standard InChI is InChI=1S/C12H10FN3O2/c13-7-1-2-11(9(14)5-7)18-8-3-4-16-10(6-8)12(15)17/h1-6H,14H2,(H2,15,17). The highest BCUT2D eigenvalue weighted by atomic mass is 19.1. The van der Waals surface area contributed by atoms with Gasteiger partial charge in [0.25, 0.3) is 5.91 Å². The number of nitrogens with two attached hydrogens (primary N) is 2. The normalized spacial score (nSPS) is 10.1. The van der Waals surface area contributed by atoms with Crippen molar-refractivity contribution in [3.63, 3.8) is 0 Å². The van der Waals surface area contributed by atoms with Gasteiger partial charge in [0.2, 0.25) is 0 Å². The van der Waals surface area contributed by atoms with Crippen LogP contribution in [0.1, 0.15) is 10.5 Å². The van der Waals surface area contributed by atoms with E-state index in [1.165, 1.54) is 30.5 Å². The van der Waals surface area contributed by atoms with Crippen LogP contribution in [0.4, 0.5) is 10.1 Å². The summed E-state index contributed by atoms with van der Waals surface area (Å²) in [7, 11) is 0. The summed E-state index contributed by atoms with van der Waals surface area (Å²) in [5.74, 6) is -0.477. The molecule has 18 heavy (non-hydrogen) atoms. The molecule has 1 aromatic heterocycles. The van der Waals surface area contributed by atoms with E-state index >= 15 is 0 Å². The molecule has 0 unspecified atom stereocenters. The van der Waals surface area contributed by atoms with Crippen molar-refractivity contribution in [2.24, 2.45) is 5.73 Å². The SMILES string of the molecule is NC(=O)c1cc(Oc2ccc(F)cc2N)ccn1. The molecule has 5 nitrogen and oxygen atoms in total. The first-order valence-electron chi connectivity index (χ1n) is 5.05. The zero-order chi connectivity index (χ0) is 13.1. The third kappa shape index (κ3) is 2.54. The summed E-state index contributed by atoms with van der Waals surface area (Å²) in [6, 6.07) is 6.68. The van der Waals surface area contributed by atoms with E-state index in [-0.39, 0.29) is 17.1 Å². The predicted octanol–water partition coefficient (Wildman–Crippen LogP) is 1.69. The highest BCUT2D eigenvalue weighted by Gasteiger charge is 2.07. The second kappa shape index (κ2) is 4.70. The van der Waals surface area contributed by atoms with Crippen molar-refractivity contribution in [3.05, 3.63) is 48.0 Å². The lowest BCUT2D eigenvalue weighted by Crippen LogP contribution is -2.12. The van der Waals surface area contributed by atoms with Crippen LogP contribution in [-0.2, 0) is 0 Å². The Morgan fingerprint density at radius 1 is 1.28 bits per heavy atom. The topological polar surface area (TPSA) is 91.2 Å². The van der Waals surface area contributed by atoms with Gasteiger partial charge in [0.05, 0.1) is 5.69 Å². The third-order valence-corrected chi connectivity index (χ3v) is 2.18. The molecule has 0 aliphatic heterocycles. The number of hydrogen-bond donors (Lipinski definition) is 2. The van der Waals surface area contributed by atoms with E-state index in [0.29, 0.717) is 5.75 Å². The number of rotatable bonds is 3. The molecule has 1 heterocycles. The van der Waals surface area contributed by atoms with Gasteiger partial charge in [-0.25, -0.2) is 4.39 Å². The zero-order valence-corrected chi connectivity index (χ0v) is 9.26. The summed E-state index contributed by atoms with van der Waals surface area (Å²) < 4.78 is 18.3. The number of carbonyl (C=O) groups is 1. The molecule has 6 heteroatoms. The van der Waals surface area contributed by atoms with Crippen LogP contribution < -0.4 is 16.2 Å². The molecular weight excluding hydrogens is 237 g/mol. The van der Waals surface area contributed by atoms with Gasteiger partial charge < -0.3 is 16.2 Å². The fourth-order valence-electron chi connectivity index (χ4n) is 1.35. The Morgan fingerprint density at radius 2 is 2.06 bits per heavy atom. The fraction of sp³-hybridized carbons (Fsp3) is 0. The van der Waals surface area contributed by atoms with E-state index in [4.69, 9.17) is 16.2 Å². The summed E-state index contributed by atoms with van der Waals surface area (Å²) >= 11 is 0. The number of hydrogen-bond acceptors (Lipinski definition) is 4. The quantitative estimate of drug-likeness (QED) is 0.807. The Hall–Kier alpha value is -2.63. The Labute approximate surface area is 102 Å². The Balaban J connectivity index is 2.28. The van der Waals surface area contributed by atoms with Crippen LogP contribution in [-0.4, -0.2) is 10.9 Å². The maximum atomic E-state index is 12.8. The molecule has 0 saturated carbocycles. The van der Waals surface area contributed by atoms with Crippen molar-refractivity contribution in [3.8, 4) is 11.5 Å². The zero-order valence-electron chi connectivity index (χ0n) is 9.26. The Morgan fingerprint density at radius 3 is 2.72 bits per heavy atom. The number of carbonyl (C=O) groups excluding carboxylic acids is 1. The molecule has 4 N–H and O–H groups in total. The summed E-state index contributed by atoms with van der Waals surface area (Å²) in [5, 5.41) is 0. The monoisotopic (exact) mass is 247 g/mol. The van der Waals surface area contributed by atoms with E-state index in [2.05, 4.69) is 4.98 Å². The second-order valence-corrected chi connectivity index (χ2v) is 3.53. The number of amides is 1. The van der Waals surface area contributed by atoms with Crippen molar-refractivity contribution >= 4 is 11.6 Å². The van der Waals surface area contributed by atoms with E-state index < -0.39 is 11.7 Å². The molecule has 0 bridgehead atoms. The molecule has 0 radical (unpaired) electrons. The largest absolute Gasteiger partial charge is 0.455 e. The van der Waals surface area contributed by atoms with Gasteiger partial charge in [-0.05, 0) is 18.2 Å². The van der Waals surface area contributed by atoms with Gasteiger partial charge in [0.15, 0.2) is 5.75 Å². The summed E-state index contributed by atoms with van der Waals surface area (Å²) in [6.45, 7) is 0. The van der Waals surface area contributed by atoms with Crippen molar-refractivity contribution in [2.45, 2.75) is 0 Å². The molecule has 2 aromatic rings. The molecule has 2 rings (SSSR count). The molecule has 0 fully saturated rings. The molecule has 0 aliphatic rings. The molecule has 92 valence electrons. The lowest BCUT2D eigenvalue weighted by Gasteiger charge is -2.08. The highest BCUT2D eigenvalue weighted by molar-refractivity contribution is 5.91. The van der Waals surface area contributed by atoms with E-state index in [1.807, 2.05) is 0 Å². The fourth-order valence-corrected chi connectivity index (χ4v) is 1.35. The van der Waals surface area contributed by atoms with Crippen molar-refractivity contribution in [1.29, 1.82) is 0 Å². The van der Waals surface area contributed by atoms with Gasteiger partial charge >= 0.3 is 0 Å². The number of ether oxygens (including phenoxy) is 1. The first-order valence-corrected chi connectivity index (χ1v) is 5.05. The maximum absolute atomic E-state index is 12.8. The Kier molecular flexibility index (Phi) is 3.09. The predicted molar refractivity (Wildman–Crippen MR) is 63.6 cm³/mol. The van der Waals surface area contributed by atoms with Crippen molar-refractivity contribution in [2.75, 3.05) is 5.73 Å². The number of halogens is 1. The second-order valence-electron chi connectivity index (χ2n) is 3.53. The van der Waals surface area contributed by atoms with Gasteiger partial charge in [-0.2, -0.15) is 0 Å². The first kappa shape index (κ1) is 11.8. The number of benzene rings is 1.